The Bertz CT molecular complexity index is 221. The van der Waals surface area contributed by atoms with Crippen LogP contribution in [-0.2, 0) is 14.3 Å². The van der Waals surface area contributed by atoms with E-state index in [2.05, 4.69) is 4.74 Å². The first-order chi connectivity index (χ1) is 6.93. The summed E-state index contributed by atoms with van der Waals surface area (Å²) < 4.78 is 4.57. The molecule has 0 rings (SSSR count). The molecular weight excluding hydrogens is 206 g/mol. The average Bonchev–Trinajstić information content (AvgIpc) is 2.22. The van der Waals surface area contributed by atoms with Gasteiger partial charge in [0.05, 0.1) is 6.61 Å². The molecule has 0 aliphatic heterocycles. The second-order valence-electron chi connectivity index (χ2n) is 3.03. The van der Waals surface area contributed by atoms with Crippen molar-refractivity contribution < 1.29 is 29.6 Å². The Morgan fingerprint density at radius 2 is 2.07 bits per heavy atom. The summed E-state index contributed by atoms with van der Waals surface area (Å²) in [6, 6.07) is -1.26. The van der Waals surface area contributed by atoms with Gasteiger partial charge in [0.2, 0.25) is 0 Å². The molecule has 0 fully saturated rings. The van der Waals surface area contributed by atoms with Gasteiger partial charge in [0.1, 0.15) is 24.5 Å². The number of rotatable bonds is 6. The predicted octanol–water partition coefficient (Wildman–Crippen LogP) is -2.84. The van der Waals surface area contributed by atoms with E-state index in [1.165, 1.54) is 0 Å². The third kappa shape index (κ3) is 4.34. The molecule has 0 saturated heterocycles. The Kier molecular flexibility index (Phi) is 6.02. The van der Waals surface area contributed by atoms with Crippen molar-refractivity contribution in [1.82, 2.24) is 0 Å². The number of carbonyl (C=O) groups excluding carboxylic acids is 2. The highest BCUT2D eigenvalue weighted by Gasteiger charge is 2.33. The van der Waals surface area contributed by atoms with Crippen molar-refractivity contribution in [1.29, 1.82) is 0 Å². The van der Waals surface area contributed by atoms with Crippen molar-refractivity contribution in [2.24, 2.45) is 5.73 Å². The number of ether oxygens (including phenoxy) is 1. The van der Waals surface area contributed by atoms with Gasteiger partial charge in [-0.25, -0.2) is 0 Å². The number of carbonyl (C=O) groups is 2. The standard InChI is InChI=1S/C8H15NO6/c1-4(12)15-8(5(9)2-10)7(14)6(13)3-11/h2,5-8,11,13-14H,3,9H2,1H3/t5-,6+,7+,8+/m0/s1. The molecule has 0 bridgehead atoms. The number of hydrogen-bond donors (Lipinski definition) is 4. The Morgan fingerprint density at radius 3 is 2.40 bits per heavy atom. The van der Waals surface area contributed by atoms with Crippen molar-refractivity contribution in [2.45, 2.75) is 31.3 Å². The van der Waals surface area contributed by atoms with Gasteiger partial charge in [0.25, 0.3) is 0 Å². The smallest absolute Gasteiger partial charge is 0.303 e. The van der Waals surface area contributed by atoms with Gasteiger partial charge < -0.3 is 30.6 Å². The van der Waals surface area contributed by atoms with Crippen LogP contribution in [0.3, 0.4) is 0 Å². The monoisotopic (exact) mass is 221 g/mol. The van der Waals surface area contributed by atoms with E-state index < -0.39 is 36.9 Å². The van der Waals surface area contributed by atoms with Crippen molar-refractivity contribution in [3.05, 3.63) is 0 Å². The highest BCUT2D eigenvalue weighted by atomic mass is 16.6. The molecule has 0 aliphatic carbocycles. The third-order valence-corrected chi connectivity index (χ3v) is 1.76. The SMILES string of the molecule is CC(=O)O[C@@H]([C@H](O)[C@H](O)CO)[C@@H](N)C=O. The predicted molar refractivity (Wildman–Crippen MR) is 48.7 cm³/mol. The number of nitrogens with two attached hydrogens (primary N) is 1. The second-order valence-corrected chi connectivity index (χ2v) is 3.03. The quantitative estimate of drug-likeness (QED) is 0.280. The molecule has 15 heavy (non-hydrogen) atoms. The van der Waals surface area contributed by atoms with Crippen LogP contribution in [0.1, 0.15) is 6.92 Å². The van der Waals surface area contributed by atoms with Gasteiger partial charge in [-0.2, -0.15) is 0 Å². The molecule has 0 amide bonds. The lowest BCUT2D eigenvalue weighted by atomic mass is 10.0. The molecule has 4 atom stereocenters. The van der Waals surface area contributed by atoms with Crippen LogP contribution in [-0.4, -0.2) is 58.5 Å². The minimum absolute atomic E-state index is 0.279. The first-order valence-electron chi connectivity index (χ1n) is 4.29. The third-order valence-electron chi connectivity index (χ3n) is 1.76. The number of aldehydes is 1. The molecule has 0 aromatic carbocycles. The van der Waals surface area contributed by atoms with Crippen molar-refractivity contribution >= 4 is 12.3 Å². The van der Waals surface area contributed by atoms with Crippen molar-refractivity contribution in [3.8, 4) is 0 Å². The fourth-order valence-electron chi connectivity index (χ4n) is 0.972. The summed E-state index contributed by atoms with van der Waals surface area (Å²) in [5.41, 5.74) is 5.26. The minimum Gasteiger partial charge on any atom is -0.458 e. The van der Waals surface area contributed by atoms with Crippen molar-refractivity contribution in [2.75, 3.05) is 6.61 Å². The molecule has 5 N–H and O–H groups in total. The zero-order valence-electron chi connectivity index (χ0n) is 8.24. The molecule has 7 nitrogen and oxygen atoms in total. The Balaban J connectivity index is 4.60. The number of hydrogen-bond acceptors (Lipinski definition) is 7. The fraction of sp³-hybridized carbons (Fsp3) is 0.750. The lowest BCUT2D eigenvalue weighted by Gasteiger charge is -2.27. The van der Waals surface area contributed by atoms with E-state index in [-0.39, 0.29) is 6.29 Å². The molecule has 0 aliphatic rings. The molecule has 0 aromatic heterocycles. The first-order valence-corrected chi connectivity index (χ1v) is 4.29. The number of esters is 1. The number of aliphatic hydroxyl groups is 3. The summed E-state index contributed by atoms with van der Waals surface area (Å²) in [5, 5.41) is 27.1. The van der Waals surface area contributed by atoms with Crippen LogP contribution in [0.4, 0.5) is 0 Å². The van der Waals surface area contributed by atoms with E-state index in [0.717, 1.165) is 6.92 Å². The molecule has 0 radical (unpaired) electrons. The second kappa shape index (κ2) is 6.46. The summed E-state index contributed by atoms with van der Waals surface area (Å²) in [4.78, 5) is 21.0. The zero-order valence-corrected chi connectivity index (χ0v) is 8.24. The Labute approximate surface area is 86.5 Å². The van der Waals surface area contributed by atoms with E-state index >= 15 is 0 Å². The van der Waals surface area contributed by atoms with Crippen LogP contribution in [0, 0.1) is 0 Å². The topological polar surface area (TPSA) is 130 Å². The van der Waals surface area contributed by atoms with Gasteiger partial charge >= 0.3 is 5.97 Å². The van der Waals surface area contributed by atoms with E-state index in [9.17, 15) is 14.7 Å². The maximum Gasteiger partial charge on any atom is 0.303 e. The Hall–Kier alpha value is -1.02. The maximum atomic E-state index is 10.6. The van der Waals surface area contributed by atoms with Gasteiger partial charge in [0, 0.05) is 6.92 Å². The molecular formula is C8H15NO6. The first kappa shape index (κ1) is 14.0. The highest BCUT2D eigenvalue weighted by Crippen LogP contribution is 2.07. The zero-order chi connectivity index (χ0) is 12.0. The van der Waals surface area contributed by atoms with E-state index in [1.807, 2.05) is 0 Å². The van der Waals surface area contributed by atoms with Crippen LogP contribution < -0.4 is 5.73 Å². The van der Waals surface area contributed by atoms with Crippen molar-refractivity contribution in [3.63, 3.8) is 0 Å². The molecule has 0 unspecified atom stereocenters. The molecule has 7 heteroatoms. The molecule has 88 valence electrons. The van der Waals surface area contributed by atoms with Gasteiger partial charge in [-0.05, 0) is 0 Å². The largest absolute Gasteiger partial charge is 0.458 e. The van der Waals surface area contributed by atoms with Crippen LogP contribution >= 0.6 is 0 Å². The lowest BCUT2D eigenvalue weighted by Crippen LogP contribution is -2.52. The normalized spacial score (nSPS) is 18.7. The van der Waals surface area contributed by atoms with Gasteiger partial charge in [-0.1, -0.05) is 0 Å². The van der Waals surface area contributed by atoms with Crippen LogP contribution in [0.25, 0.3) is 0 Å². The number of aliphatic hydroxyl groups excluding tert-OH is 3. The highest BCUT2D eigenvalue weighted by molar-refractivity contribution is 5.67. The van der Waals surface area contributed by atoms with Gasteiger partial charge in [0.15, 0.2) is 6.10 Å². The van der Waals surface area contributed by atoms with E-state index in [0.29, 0.717) is 0 Å². The summed E-state index contributed by atoms with van der Waals surface area (Å²) in [5.74, 6) is -0.749. The maximum absolute atomic E-state index is 10.6. The average molecular weight is 221 g/mol. The van der Waals surface area contributed by atoms with Gasteiger partial charge in [-0.3, -0.25) is 4.79 Å². The lowest BCUT2D eigenvalue weighted by molar-refractivity contribution is -0.161. The summed E-state index contributed by atoms with van der Waals surface area (Å²) >= 11 is 0. The summed E-state index contributed by atoms with van der Waals surface area (Å²) in [6.45, 7) is 0.340. The van der Waals surface area contributed by atoms with Crippen LogP contribution in [0.5, 0.6) is 0 Å². The van der Waals surface area contributed by atoms with E-state index in [4.69, 9.17) is 15.9 Å². The molecule has 0 heterocycles. The summed E-state index contributed by atoms with van der Waals surface area (Å²) in [6.07, 6.45) is -4.23. The molecule has 0 aromatic rings. The van der Waals surface area contributed by atoms with E-state index in [1.54, 1.807) is 0 Å². The van der Waals surface area contributed by atoms with Crippen LogP contribution in [0.15, 0.2) is 0 Å². The molecule has 0 spiro atoms. The Morgan fingerprint density at radius 1 is 1.53 bits per heavy atom. The molecule has 0 saturated carbocycles. The fourth-order valence-corrected chi connectivity index (χ4v) is 0.972. The summed E-state index contributed by atoms with van der Waals surface area (Å²) in [7, 11) is 0. The van der Waals surface area contributed by atoms with Crippen LogP contribution in [0.2, 0.25) is 0 Å². The minimum atomic E-state index is -1.61. The van der Waals surface area contributed by atoms with Gasteiger partial charge in [-0.15, -0.1) is 0 Å².